The second-order valence-electron chi connectivity index (χ2n) is 1.57. The third-order valence-electron chi connectivity index (χ3n) is 0.685. The summed E-state index contributed by atoms with van der Waals surface area (Å²) in [5.74, 6) is 0. The van der Waals surface area contributed by atoms with Crippen molar-refractivity contribution in [1.29, 1.82) is 0 Å². The molecule has 0 amide bonds. The Hall–Kier alpha value is -0.740. The molecule has 1 atom stereocenters. The molecule has 0 aliphatic heterocycles. The van der Waals surface area contributed by atoms with Gasteiger partial charge in [-0.05, 0) is 6.92 Å². The molecule has 0 N–H and O–H groups in total. The quantitative estimate of drug-likeness (QED) is 0.241. The van der Waals surface area contributed by atoms with Crippen molar-refractivity contribution >= 4 is 6.08 Å². The molecule has 0 aliphatic rings. The summed E-state index contributed by atoms with van der Waals surface area (Å²) < 4.78 is 0. The Morgan fingerprint density at radius 2 is 2.40 bits per heavy atom. The molecule has 5 heteroatoms. The van der Waals surface area contributed by atoms with Gasteiger partial charge < -0.3 is 0 Å². The summed E-state index contributed by atoms with van der Waals surface area (Å²) >= 11 is 0. The van der Waals surface area contributed by atoms with E-state index in [4.69, 9.17) is 0 Å². The van der Waals surface area contributed by atoms with Crippen LogP contribution < -0.4 is 0 Å². The van der Waals surface area contributed by atoms with Crippen LogP contribution in [0.5, 0.6) is 0 Å². The van der Waals surface area contributed by atoms with E-state index in [-0.39, 0.29) is 12.6 Å². The summed E-state index contributed by atoms with van der Waals surface area (Å²) in [5, 5.41) is 4.10. The smallest absolute Gasteiger partial charge is 0.211 e. The highest BCUT2D eigenvalue weighted by atomic mass is 17.5. The Labute approximate surface area is 58.5 Å². The van der Waals surface area contributed by atoms with Crippen molar-refractivity contribution in [2.24, 2.45) is 4.99 Å². The monoisotopic (exact) mass is 147 g/mol. The van der Waals surface area contributed by atoms with Gasteiger partial charge in [0.25, 0.3) is 0 Å². The first-order valence-corrected chi connectivity index (χ1v) is 2.71. The van der Waals surface area contributed by atoms with Crippen LogP contribution in [0.4, 0.5) is 0 Å². The van der Waals surface area contributed by atoms with Crippen LogP contribution in [-0.2, 0) is 19.6 Å². The highest BCUT2D eigenvalue weighted by molar-refractivity contribution is 5.32. The zero-order chi connectivity index (χ0) is 7.82. The van der Waals surface area contributed by atoms with Crippen molar-refractivity contribution in [2.75, 3.05) is 13.7 Å². The van der Waals surface area contributed by atoms with Crippen LogP contribution in [0.25, 0.3) is 0 Å². The summed E-state index contributed by atoms with van der Waals surface area (Å²) in [6, 6.07) is 0. The second-order valence-corrected chi connectivity index (χ2v) is 1.57. The average molecular weight is 147 g/mol. The third kappa shape index (κ3) is 5.40. The van der Waals surface area contributed by atoms with E-state index < -0.39 is 0 Å². The minimum Gasteiger partial charge on any atom is -0.211 e. The Morgan fingerprint density at radius 3 is 2.90 bits per heavy atom. The van der Waals surface area contributed by atoms with Gasteiger partial charge in [-0.1, -0.05) is 5.04 Å². The number of hydrogen-bond acceptors (Lipinski definition) is 5. The molecule has 10 heavy (non-hydrogen) atoms. The van der Waals surface area contributed by atoms with Gasteiger partial charge in [0.15, 0.2) is 0 Å². The van der Waals surface area contributed by atoms with Crippen LogP contribution in [0.2, 0.25) is 0 Å². The van der Waals surface area contributed by atoms with E-state index in [2.05, 4.69) is 19.8 Å². The van der Waals surface area contributed by atoms with Crippen LogP contribution >= 0.6 is 0 Å². The molecule has 0 saturated heterocycles. The first-order chi connectivity index (χ1) is 4.81. The van der Waals surface area contributed by atoms with Crippen molar-refractivity contribution in [2.45, 2.75) is 13.0 Å². The number of carbonyl (C=O) groups excluding carboxylic acids is 1. The predicted octanol–water partition coefficient (Wildman–Crippen LogP) is 0.220. The molecule has 0 spiro atoms. The molecule has 5 nitrogen and oxygen atoms in total. The number of aliphatic imine (C=N–C) groups is 1. The van der Waals surface area contributed by atoms with Gasteiger partial charge in [0.05, 0.1) is 13.7 Å². The highest BCUT2D eigenvalue weighted by Crippen LogP contribution is 1.91. The van der Waals surface area contributed by atoms with Crippen molar-refractivity contribution in [3.63, 3.8) is 0 Å². The van der Waals surface area contributed by atoms with Gasteiger partial charge in [0, 0.05) is 0 Å². The van der Waals surface area contributed by atoms with Crippen LogP contribution in [0.1, 0.15) is 6.92 Å². The SMILES string of the molecule is COOOC(C)CN=C=O. The summed E-state index contributed by atoms with van der Waals surface area (Å²) in [6.45, 7) is 1.90. The van der Waals surface area contributed by atoms with Gasteiger partial charge in [-0.3, -0.25) is 0 Å². The van der Waals surface area contributed by atoms with Gasteiger partial charge in [-0.2, -0.15) is 0 Å². The average Bonchev–Trinajstić information content (AvgIpc) is 1.97. The molecule has 0 aromatic rings. The molecule has 0 saturated carbocycles. The zero-order valence-electron chi connectivity index (χ0n) is 5.86. The standard InChI is InChI=1S/C5H9NO4/c1-5(3-6-4-7)9-10-8-2/h5H,3H2,1-2H3. The van der Waals surface area contributed by atoms with E-state index in [1.165, 1.54) is 13.2 Å². The number of hydrogen-bond donors (Lipinski definition) is 0. The second kappa shape index (κ2) is 6.38. The molecule has 0 aromatic carbocycles. The maximum absolute atomic E-state index is 9.56. The lowest BCUT2D eigenvalue weighted by atomic mass is 10.4. The lowest BCUT2D eigenvalue weighted by Crippen LogP contribution is -2.11. The molecule has 0 bridgehead atoms. The minimum absolute atomic E-state index is 0.215. The lowest BCUT2D eigenvalue weighted by molar-refractivity contribution is -0.514. The Kier molecular flexibility index (Phi) is 5.91. The highest BCUT2D eigenvalue weighted by Gasteiger charge is 2.00. The van der Waals surface area contributed by atoms with E-state index in [0.717, 1.165) is 0 Å². The fourth-order valence-corrected chi connectivity index (χ4v) is 0.303. The first-order valence-electron chi connectivity index (χ1n) is 2.71. The van der Waals surface area contributed by atoms with Crippen molar-refractivity contribution in [3.05, 3.63) is 0 Å². The normalized spacial score (nSPS) is 12.2. The van der Waals surface area contributed by atoms with Crippen LogP contribution in [0.3, 0.4) is 0 Å². The van der Waals surface area contributed by atoms with E-state index in [1.807, 2.05) is 0 Å². The predicted molar refractivity (Wildman–Crippen MR) is 31.6 cm³/mol. The summed E-state index contributed by atoms with van der Waals surface area (Å²) in [4.78, 5) is 21.5. The molecule has 58 valence electrons. The van der Waals surface area contributed by atoms with Gasteiger partial charge in [-0.25, -0.2) is 19.6 Å². The molecule has 0 heterocycles. The zero-order valence-corrected chi connectivity index (χ0v) is 5.86. The minimum atomic E-state index is -0.304. The molecule has 1 unspecified atom stereocenters. The van der Waals surface area contributed by atoms with Gasteiger partial charge in [-0.15, -0.1) is 0 Å². The lowest BCUT2D eigenvalue weighted by Gasteiger charge is -2.04. The van der Waals surface area contributed by atoms with E-state index in [1.54, 1.807) is 6.92 Å². The molecule has 0 rings (SSSR count). The largest absolute Gasteiger partial charge is 0.235 e. The molecule has 0 radical (unpaired) electrons. The maximum Gasteiger partial charge on any atom is 0.235 e. The number of isocyanates is 1. The van der Waals surface area contributed by atoms with E-state index >= 15 is 0 Å². The van der Waals surface area contributed by atoms with E-state index in [9.17, 15) is 4.79 Å². The Bertz CT molecular complexity index is 121. The molecule has 0 fully saturated rings. The molecule has 0 aromatic heterocycles. The van der Waals surface area contributed by atoms with Crippen LogP contribution in [0, 0.1) is 0 Å². The Balaban J connectivity index is 3.24. The fourth-order valence-electron chi connectivity index (χ4n) is 0.303. The van der Waals surface area contributed by atoms with Crippen LogP contribution in [-0.4, -0.2) is 25.8 Å². The molecular formula is C5H9NO4. The van der Waals surface area contributed by atoms with Crippen molar-refractivity contribution in [3.8, 4) is 0 Å². The van der Waals surface area contributed by atoms with Crippen molar-refractivity contribution < 1.29 is 19.6 Å². The van der Waals surface area contributed by atoms with Gasteiger partial charge in [0.1, 0.15) is 6.10 Å². The van der Waals surface area contributed by atoms with Gasteiger partial charge >= 0.3 is 0 Å². The van der Waals surface area contributed by atoms with Gasteiger partial charge in [0.2, 0.25) is 6.08 Å². The van der Waals surface area contributed by atoms with Crippen LogP contribution in [0.15, 0.2) is 4.99 Å². The fraction of sp³-hybridized carbons (Fsp3) is 0.800. The summed E-state index contributed by atoms with van der Waals surface area (Å²) in [6.07, 6.45) is 1.07. The number of nitrogens with zero attached hydrogens (tertiary/aromatic N) is 1. The summed E-state index contributed by atoms with van der Waals surface area (Å²) in [5.41, 5.74) is 0. The maximum atomic E-state index is 9.56. The molecular weight excluding hydrogens is 138 g/mol. The van der Waals surface area contributed by atoms with E-state index in [0.29, 0.717) is 0 Å². The topological polar surface area (TPSA) is 57.1 Å². The van der Waals surface area contributed by atoms with Crippen molar-refractivity contribution in [1.82, 2.24) is 0 Å². The third-order valence-corrected chi connectivity index (χ3v) is 0.685. The first kappa shape index (κ1) is 9.26. The molecule has 0 aliphatic carbocycles. The Morgan fingerprint density at radius 1 is 1.70 bits per heavy atom. The summed E-state index contributed by atoms with van der Waals surface area (Å²) in [7, 11) is 1.32. The number of rotatable bonds is 5.